The number of hydrogen-bond acceptors (Lipinski definition) is 8. The molecule has 0 radical (unpaired) electrons. The van der Waals surface area contributed by atoms with Crippen LogP contribution in [-0.2, 0) is 11.3 Å². The third-order valence-electron chi connectivity index (χ3n) is 3.49. The molecule has 0 saturated heterocycles. The number of carbonyl (C=O) groups is 1. The summed E-state index contributed by atoms with van der Waals surface area (Å²) >= 11 is 0. The molecule has 1 aliphatic rings. The van der Waals surface area contributed by atoms with Gasteiger partial charge in [0.05, 0.1) is 24.1 Å². The number of esters is 1. The van der Waals surface area contributed by atoms with Crippen molar-refractivity contribution in [1.82, 2.24) is 19.7 Å². The zero-order valence-electron chi connectivity index (χ0n) is 12.3. The van der Waals surface area contributed by atoms with Crippen LogP contribution in [0.3, 0.4) is 0 Å². The molecule has 0 aliphatic heterocycles. The predicted molar refractivity (Wildman–Crippen MR) is 77.9 cm³/mol. The molecule has 120 valence electrons. The molecule has 2 aromatic rings. The Labute approximate surface area is 130 Å². The van der Waals surface area contributed by atoms with Gasteiger partial charge in [-0.25, -0.2) is 9.78 Å². The van der Waals surface area contributed by atoms with E-state index in [1.165, 1.54) is 13.3 Å². The van der Waals surface area contributed by atoms with Crippen molar-refractivity contribution in [2.75, 3.05) is 12.4 Å². The van der Waals surface area contributed by atoms with Gasteiger partial charge in [0, 0.05) is 18.3 Å². The molecule has 0 spiro atoms. The van der Waals surface area contributed by atoms with Crippen molar-refractivity contribution in [3.63, 3.8) is 0 Å². The number of rotatable bonds is 6. The number of ether oxygens (including phenoxy) is 1. The molecule has 3 rings (SSSR count). The van der Waals surface area contributed by atoms with Gasteiger partial charge in [-0.2, -0.15) is 0 Å². The molecule has 10 nitrogen and oxygen atoms in total. The first-order chi connectivity index (χ1) is 11.1. The summed E-state index contributed by atoms with van der Waals surface area (Å²) in [4.78, 5) is 26.0. The molecule has 1 saturated carbocycles. The van der Waals surface area contributed by atoms with Crippen molar-refractivity contribution in [3.8, 4) is 0 Å². The van der Waals surface area contributed by atoms with Crippen LogP contribution in [0.15, 0.2) is 18.6 Å². The van der Waals surface area contributed by atoms with E-state index in [1.54, 1.807) is 6.33 Å². The van der Waals surface area contributed by atoms with E-state index in [1.807, 2.05) is 4.57 Å². The fraction of sp³-hybridized carbons (Fsp3) is 0.385. The molecule has 0 atom stereocenters. The summed E-state index contributed by atoms with van der Waals surface area (Å²) in [6.07, 6.45) is 5.04. The molecule has 0 aromatic carbocycles. The van der Waals surface area contributed by atoms with Crippen molar-refractivity contribution >= 4 is 17.5 Å². The van der Waals surface area contributed by atoms with E-state index in [2.05, 4.69) is 25.2 Å². The fourth-order valence-corrected chi connectivity index (χ4v) is 2.17. The van der Waals surface area contributed by atoms with Gasteiger partial charge in [0.1, 0.15) is 6.33 Å². The van der Waals surface area contributed by atoms with Crippen LogP contribution in [0.1, 0.15) is 35.1 Å². The molecular weight excluding hydrogens is 304 g/mol. The van der Waals surface area contributed by atoms with Gasteiger partial charge in [-0.3, -0.25) is 10.1 Å². The topological polar surface area (TPSA) is 125 Å². The summed E-state index contributed by atoms with van der Waals surface area (Å²) < 4.78 is 6.48. The highest BCUT2D eigenvalue weighted by molar-refractivity contribution is 5.90. The Bertz CT molecular complexity index is 755. The molecule has 0 bridgehead atoms. The second-order valence-electron chi connectivity index (χ2n) is 5.08. The van der Waals surface area contributed by atoms with Crippen molar-refractivity contribution < 1.29 is 14.5 Å². The molecule has 1 N–H and O–H groups in total. The van der Waals surface area contributed by atoms with E-state index in [9.17, 15) is 14.9 Å². The summed E-state index contributed by atoms with van der Waals surface area (Å²) in [6, 6.07) is 1.54. The number of anilines is 1. The van der Waals surface area contributed by atoms with Gasteiger partial charge in [0.2, 0.25) is 5.82 Å². The highest BCUT2D eigenvalue weighted by atomic mass is 16.6. The van der Waals surface area contributed by atoms with Gasteiger partial charge in [0.15, 0.2) is 5.82 Å². The van der Waals surface area contributed by atoms with Gasteiger partial charge in [0.25, 0.3) is 0 Å². The average molecular weight is 318 g/mol. The second-order valence-corrected chi connectivity index (χ2v) is 5.08. The number of nitrogens with zero attached hydrogens (tertiary/aromatic N) is 5. The Balaban J connectivity index is 1.80. The Morgan fingerprint density at radius 1 is 1.57 bits per heavy atom. The smallest absolute Gasteiger partial charge is 0.339 e. The largest absolute Gasteiger partial charge is 0.465 e. The zero-order chi connectivity index (χ0) is 16.4. The van der Waals surface area contributed by atoms with E-state index in [4.69, 9.17) is 0 Å². The monoisotopic (exact) mass is 318 g/mol. The third-order valence-corrected chi connectivity index (χ3v) is 3.49. The minimum atomic E-state index is -0.680. The van der Waals surface area contributed by atoms with Crippen molar-refractivity contribution in [1.29, 1.82) is 0 Å². The summed E-state index contributed by atoms with van der Waals surface area (Å²) in [6.45, 7) is 0.252. The normalized spacial score (nSPS) is 13.6. The van der Waals surface area contributed by atoms with Crippen molar-refractivity contribution in [2.45, 2.75) is 25.4 Å². The maximum Gasteiger partial charge on any atom is 0.339 e. The Hall–Kier alpha value is -3.04. The Morgan fingerprint density at radius 2 is 2.35 bits per heavy atom. The molecular formula is C13H14N6O4. The van der Waals surface area contributed by atoms with Crippen molar-refractivity contribution in [3.05, 3.63) is 40.1 Å². The molecule has 1 fully saturated rings. The standard InChI is InChI=1S/C13H14N6O4/c1-23-13(20)8-4-10(19(21)22)12(14-5-8)15-6-11-17-16-7-18(11)9-2-3-9/h4-5,7,9H,2-3,6H2,1H3,(H,14,15). The maximum absolute atomic E-state index is 11.4. The number of methoxy groups -OCH3 is 1. The SMILES string of the molecule is COC(=O)c1cnc(NCc2nncn2C2CC2)c([N+](=O)[O-])c1. The van der Waals surface area contributed by atoms with Crippen LogP contribution in [0.2, 0.25) is 0 Å². The first-order valence-electron chi connectivity index (χ1n) is 6.95. The number of aromatic nitrogens is 4. The lowest BCUT2D eigenvalue weighted by molar-refractivity contribution is -0.384. The minimum Gasteiger partial charge on any atom is -0.465 e. The molecule has 0 unspecified atom stereocenters. The van der Waals surface area contributed by atoms with Crippen LogP contribution in [0.4, 0.5) is 11.5 Å². The van der Waals surface area contributed by atoms with E-state index in [0.29, 0.717) is 11.9 Å². The summed E-state index contributed by atoms with van der Waals surface area (Å²) in [5.74, 6) is 0.0641. The molecule has 1 aliphatic carbocycles. The fourth-order valence-electron chi connectivity index (χ4n) is 2.17. The quantitative estimate of drug-likeness (QED) is 0.480. The number of nitrogens with one attached hydrogen (secondary N) is 1. The van der Waals surface area contributed by atoms with E-state index < -0.39 is 10.9 Å². The van der Waals surface area contributed by atoms with Crippen LogP contribution in [0.25, 0.3) is 0 Å². The van der Waals surface area contributed by atoms with Gasteiger partial charge >= 0.3 is 11.7 Å². The number of nitro groups is 1. The predicted octanol–water partition coefficient (Wildman–Crippen LogP) is 1.31. The second kappa shape index (κ2) is 5.99. The lowest BCUT2D eigenvalue weighted by atomic mass is 10.2. The van der Waals surface area contributed by atoms with Gasteiger partial charge in [-0.1, -0.05) is 0 Å². The van der Waals surface area contributed by atoms with Crippen LogP contribution in [0.5, 0.6) is 0 Å². The van der Waals surface area contributed by atoms with Gasteiger partial charge in [-0.05, 0) is 12.8 Å². The summed E-state index contributed by atoms with van der Waals surface area (Å²) in [7, 11) is 1.20. The summed E-state index contributed by atoms with van der Waals surface area (Å²) in [5.41, 5.74) is -0.281. The zero-order valence-corrected chi connectivity index (χ0v) is 12.3. The highest BCUT2D eigenvalue weighted by Crippen LogP contribution is 2.35. The van der Waals surface area contributed by atoms with Crippen molar-refractivity contribution in [2.24, 2.45) is 0 Å². The minimum absolute atomic E-state index is 0.0193. The first-order valence-corrected chi connectivity index (χ1v) is 6.95. The molecule has 2 aromatic heterocycles. The summed E-state index contributed by atoms with van der Waals surface area (Å²) in [5, 5.41) is 21.9. The number of hydrogen-bond donors (Lipinski definition) is 1. The van der Waals surface area contributed by atoms with Gasteiger partial charge < -0.3 is 14.6 Å². The van der Waals surface area contributed by atoms with Gasteiger partial charge in [-0.15, -0.1) is 10.2 Å². The maximum atomic E-state index is 11.4. The Kier molecular flexibility index (Phi) is 3.87. The number of carbonyl (C=O) groups excluding carboxylic acids is 1. The lowest BCUT2D eigenvalue weighted by Crippen LogP contribution is -2.11. The lowest BCUT2D eigenvalue weighted by Gasteiger charge is -2.08. The van der Waals surface area contributed by atoms with Crippen LogP contribution in [-0.4, -0.2) is 37.8 Å². The molecule has 23 heavy (non-hydrogen) atoms. The van der Waals surface area contributed by atoms with Crippen LogP contribution >= 0.6 is 0 Å². The number of pyridine rings is 1. The van der Waals surface area contributed by atoms with E-state index in [-0.39, 0.29) is 23.6 Å². The molecule has 10 heteroatoms. The first kappa shape index (κ1) is 14.9. The average Bonchev–Trinajstić information content (AvgIpc) is 3.30. The van der Waals surface area contributed by atoms with E-state index in [0.717, 1.165) is 18.9 Å². The van der Waals surface area contributed by atoms with Crippen LogP contribution < -0.4 is 5.32 Å². The highest BCUT2D eigenvalue weighted by Gasteiger charge is 2.26. The van der Waals surface area contributed by atoms with E-state index >= 15 is 0 Å². The van der Waals surface area contributed by atoms with Crippen LogP contribution in [0, 0.1) is 10.1 Å². The Morgan fingerprint density at radius 3 is 3.00 bits per heavy atom. The molecule has 2 heterocycles. The third kappa shape index (κ3) is 3.10. The molecule has 0 amide bonds.